The summed E-state index contributed by atoms with van der Waals surface area (Å²) < 4.78 is 7.73. The quantitative estimate of drug-likeness (QED) is 0.580. The molecule has 3 aromatic rings. The van der Waals surface area contributed by atoms with Gasteiger partial charge in [0.1, 0.15) is 22.1 Å². The summed E-state index contributed by atoms with van der Waals surface area (Å²) in [7, 11) is 1.58. The van der Waals surface area contributed by atoms with E-state index in [9.17, 15) is 14.9 Å². The molecular formula is C25H24N2O3S. The summed E-state index contributed by atoms with van der Waals surface area (Å²) in [6, 6.07) is 13.7. The zero-order valence-corrected chi connectivity index (χ0v) is 18.9. The number of rotatable bonds is 5. The molecule has 2 aromatic carbocycles. The first-order valence-corrected chi connectivity index (χ1v) is 10.6. The van der Waals surface area contributed by atoms with Crippen molar-refractivity contribution in [2.45, 2.75) is 27.3 Å². The third-order valence-electron chi connectivity index (χ3n) is 4.88. The molecule has 0 bridgehead atoms. The Morgan fingerprint density at radius 1 is 1.26 bits per heavy atom. The molecule has 158 valence electrons. The van der Waals surface area contributed by atoms with E-state index in [-0.39, 0.29) is 23.5 Å². The van der Waals surface area contributed by atoms with Gasteiger partial charge in [-0.05, 0) is 22.9 Å². The number of ether oxygens (including phenoxy) is 1. The van der Waals surface area contributed by atoms with Gasteiger partial charge in [0.15, 0.2) is 5.78 Å². The molecule has 0 saturated heterocycles. The van der Waals surface area contributed by atoms with E-state index in [1.54, 1.807) is 40.0 Å². The van der Waals surface area contributed by atoms with E-state index >= 15 is 0 Å². The van der Waals surface area contributed by atoms with Gasteiger partial charge < -0.3 is 4.74 Å². The number of fused-ring (bicyclic) bond motifs is 1. The first-order valence-electron chi connectivity index (χ1n) is 9.80. The number of hydrogen-bond donors (Lipinski definition) is 0. The molecule has 1 heterocycles. The first-order chi connectivity index (χ1) is 14.7. The van der Waals surface area contributed by atoms with Gasteiger partial charge in [-0.1, -0.05) is 57.2 Å². The van der Waals surface area contributed by atoms with E-state index in [1.807, 2.05) is 42.5 Å². The molecule has 0 aliphatic rings. The third kappa shape index (κ3) is 4.23. The van der Waals surface area contributed by atoms with Gasteiger partial charge in [0.05, 0.1) is 11.6 Å². The van der Waals surface area contributed by atoms with Gasteiger partial charge >= 0.3 is 0 Å². The molecule has 0 atom stereocenters. The van der Waals surface area contributed by atoms with E-state index in [1.165, 1.54) is 4.57 Å². The number of thiazole rings is 1. The van der Waals surface area contributed by atoms with Gasteiger partial charge in [0, 0.05) is 17.5 Å². The fraction of sp³-hybridized carbons (Fsp3) is 0.240. The number of allylic oxidation sites excluding steroid dienone is 1. The highest BCUT2D eigenvalue weighted by Gasteiger charge is 2.27. The van der Waals surface area contributed by atoms with E-state index in [2.05, 4.69) is 6.58 Å². The third-order valence-corrected chi connectivity index (χ3v) is 6.01. The average molecular weight is 433 g/mol. The Kier molecular flexibility index (Phi) is 6.28. The maximum absolute atomic E-state index is 13.2. The van der Waals surface area contributed by atoms with Crippen LogP contribution in [-0.2, 0) is 11.3 Å². The summed E-state index contributed by atoms with van der Waals surface area (Å²) in [4.78, 5) is 26.1. The van der Waals surface area contributed by atoms with Crippen LogP contribution in [0.15, 0.2) is 53.8 Å². The van der Waals surface area contributed by atoms with E-state index in [4.69, 9.17) is 4.74 Å². The highest BCUT2D eigenvalue weighted by Crippen LogP contribution is 2.28. The number of hydrogen-bond acceptors (Lipinski definition) is 5. The van der Waals surface area contributed by atoms with Crippen molar-refractivity contribution in [2.24, 2.45) is 5.41 Å². The van der Waals surface area contributed by atoms with Crippen LogP contribution in [0.3, 0.4) is 0 Å². The Morgan fingerprint density at radius 3 is 2.58 bits per heavy atom. The fourth-order valence-electron chi connectivity index (χ4n) is 3.30. The van der Waals surface area contributed by atoms with E-state index in [0.29, 0.717) is 14.9 Å². The lowest BCUT2D eigenvalue weighted by atomic mass is 9.87. The van der Waals surface area contributed by atoms with Crippen molar-refractivity contribution in [3.05, 3.63) is 74.2 Å². The van der Waals surface area contributed by atoms with Crippen LogP contribution < -0.4 is 19.5 Å². The van der Waals surface area contributed by atoms with Crippen LogP contribution in [0.1, 0.15) is 26.3 Å². The van der Waals surface area contributed by atoms with Crippen LogP contribution >= 0.6 is 11.3 Å². The largest absolute Gasteiger partial charge is 0.496 e. The number of nitrogens with zero attached hydrogens (tertiary/aromatic N) is 2. The highest BCUT2D eigenvalue weighted by molar-refractivity contribution is 7.07. The molecule has 0 aliphatic heterocycles. The van der Waals surface area contributed by atoms with Crippen LogP contribution in [0, 0.1) is 16.7 Å². The van der Waals surface area contributed by atoms with Crippen molar-refractivity contribution in [2.75, 3.05) is 7.11 Å². The normalized spacial score (nSPS) is 13.1. The number of aromatic nitrogens is 1. The molecular weight excluding hydrogens is 408 g/mol. The van der Waals surface area contributed by atoms with Crippen molar-refractivity contribution >= 4 is 39.5 Å². The minimum Gasteiger partial charge on any atom is -0.496 e. The molecule has 0 spiro atoms. The Labute approximate surface area is 184 Å². The van der Waals surface area contributed by atoms with E-state index < -0.39 is 5.41 Å². The predicted octanol–water partition coefficient (Wildman–Crippen LogP) is 3.38. The molecule has 5 nitrogen and oxygen atoms in total. The summed E-state index contributed by atoms with van der Waals surface area (Å²) in [6.45, 7) is 9.18. The smallest absolute Gasteiger partial charge is 0.269 e. The van der Waals surface area contributed by atoms with Gasteiger partial charge in [0.25, 0.3) is 5.56 Å². The van der Waals surface area contributed by atoms with Gasteiger partial charge in [-0.3, -0.25) is 14.2 Å². The number of nitriles is 1. The molecule has 0 N–H and O–H groups in total. The van der Waals surface area contributed by atoms with Crippen LogP contribution in [0.4, 0.5) is 0 Å². The van der Waals surface area contributed by atoms with Gasteiger partial charge in [-0.25, -0.2) is 0 Å². The summed E-state index contributed by atoms with van der Waals surface area (Å²) in [6.07, 6.45) is 3.35. The summed E-state index contributed by atoms with van der Waals surface area (Å²) in [5, 5.41) is 11.7. The van der Waals surface area contributed by atoms with Gasteiger partial charge in [-0.2, -0.15) is 5.26 Å². The molecule has 0 fully saturated rings. The molecule has 3 rings (SSSR count). The van der Waals surface area contributed by atoms with E-state index in [0.717, 1.165) is 27.7 Å². The number of methoxy groups -OCH3 is 1. The second-order valence-corrected chi connectivity index (χ2v) is 9.12. The maximum Gasteiger partial charge on any atom is 0.269 e. The van der Waals surface area contributed by atoms with Crippen LogP contribution in [0.5, 0.6) is 5.75 Å². The highest BCUT2D eigenvalue weighted by atomic mass is 32.1. The first kappa shape index (κ1) is 22.3. The Balaban J connectivity index is 2.44. The second-order valence-electron chi connectivity index (χ2n) is 8.09. The number of benzene rings is 2. The lowest BCUT2D eigenvalue weighted by Gasteiger charge is -2.15. The number of carbonyl (C=O) groups is 1. The van der Waals surface area contributed by atoms with Crippen LogP contribution in [-0.4, -0.2) is 17.5 Å². The maximum atomic E-state index is 13.2. The Bertz CT molecular complexity index is 1400. The Hall–Kier alpha value is -3.43. The predicted molar refractivity (Wildman–Crippen MR) is 126 cm³/mol. The zero-order valence-electron chi connectivity index (χ0n) is 18.1. The topological polar surface area (TPSA) is 72.1 Å². The molecule has 0 amide bonds. The minimum atomic E-state index is -0.743. The number of Topliss-reactive ketones (excluding diaryl/α,β-unsaturated/α-hetero) is 1. The molecule has 0 saturated carbocycles. The van der Waals surface area contributed by atoms with Crippen LogP contribution in [0.25, 0.3) is 22.4 Å². The zero-order chi connectivity index (χ0) is 22.8. The lowest BCUT2D eigenvalue weighted by molar-refractivity contribution is -0.120. The summed E-state index contributed by atoms with van der Waals surface area (Å²) in [5.41, 5.74) is -0.255. The molecule has 1 aromatic heterocycles. The van der Waals surface area contributed by atoms with Crippen molar-refractivity contribution in [3.8, 4) is 11.8 Å². The van der Waals surface area contributed by atoms with Crippen molar-refractivity contribution in [3.63, 3.8) is 0 Å². The second kappa shape index (κ2) is 8.75. The SMILES string of the molecule is C=CCn1c(=O)/c(=C/c2c(OC)ccc3ccccc23)s/c1=C(\C#N)C(=O)C(C)(C)C. The molecule has 0 unspecified atom stereocenters. The summed E-state index contributed by atoms with van der Waals surface area (Å²) in [5.74, 6) is 0.335. The Morgan fingerprint density at radius 2 is 1.97 bits per heavy atom. The molecule has 0 radical (unpaired) electrons. The van der Waals surface area contributed by atoms with Crippen molar-refractivity contribution in [1.29, 1.82) is 5.26 Å². The van der Waals surface area contributed by atoms with Gasteiger partial charge in [-0.15, -0.1) is 17.9 Å². The molecule has 31 heavy (non-hydrogen) atoms. The number of ketones is 1. The minimum absolute atomic E-state index is 0.0130. The van der Waals surface area contributed by atoms with Crippen molar-refractivity contribution in [1.82, 2.24) is 4.57 Å². The van der Waals surface area contributed by atoms with Crippen molar-refractivity contribution < 1.29 is 9.53 Å². The molecule has 0 aliphatic carbocycles. The number of carbonyl (C=O) groups excluding carboxylic acids is 1. The van der Waals surface area contributed by atoms with Gasteiger partial charge in [0.2, 0.25) is 0 Å². The fourth-order valence-corrected chi connectivity index (χ4v) is 4.40. The summed E-state index contributed by atoms with van der Waals surface area (Å²) >= 11 is 1.14. The average Bonchev–Trinajstić information content (AvgIpc) is 3.04. The molecule has 6 heteroatoms. The monoisotopic (exact) mass is 432 g/mol. The standard InChI is InChI=1S/C25H24N2O3S/c1-6-13-27-23(29)21(31-24(27)19(15-26)22(28)25(2,3)4)14-18-17-10-8-7-9-16(17)11-12-20(18)30-5/h6-12,14H,1,13H2,2-5H3/b21-14-,24-19+. The van der Waals surface area contributed by atoms with Crippen LogP contribution in [0.2, 0.25) is 0 Å². The lowest BCUT2D eigenvalue weighted by Crippen LogP contribution is -2.34.